The van der Waals surface area contributed by atoms with Gasteiger partial charge < -0.3 is 10.4 Å². The molecular weight excluding hydrogens is 384 g/mol. The minimum Gasteiger partial charge on any atom is -0.481 e. The zero-order valence-electron chi connectivity index (χ0n) is 16.1. The number of nitrogens with one attached hydrogen (secondary N) is 1. The molecule has 3 atom stereocenters. The molecule has 6 nitrogen and oxygen atoms in total. The van der Waals surface area contributed by atoms with Gasteiger partial charge in [0.05, 0.1) is 11.6 Å². The summed E-state index contributed by atoms with van der Waals surface area (Å²) in [7, 11) is 0. The van der Waals surface area contributed by atoms with Crippen LogP contribution in [0.5, 0.6) is 0 Å². The van der Waals surface area contributed by atoms with E-state index < -0.39 is 5.97 Å². The highest BCUT2D eigenvalue weighted by atomic mass is 32.2. The number of aliphatic carboxylic acids is 1. The van der Waals surface area contributed by atoms with Gasteiger partial charge in [0.25, 0.3) is 0 Å². The number of carboxylic acid groups (broad SMARTS) is 1. The Labute approximate surface area is 174 Å². The third kappa shape index (κ3) is 3.02. The van der Waals surface area contributed by atoms with E-state index in [1.807, 2.05) is 0 Å². The van der Waals surface area contributed by atoms with Crippen LogP contribution in [0.1, 0.15) is 24.8 Å². The Hall–Kier alpha value is -2.12. The molecule has 4 fully saturated rings. The summed E-state index contributed by atoms with van der Waals surface area (Å²) in [4.78, 5) is 24.1. The van der Waals surface area contributed by atoms with Crippen LogP contribution in [-0.2, 0) is 11.3 Å². The average molecular weight is 409 g/mol. The van der Waals surface area contributed by atoms with Crippen molar-refractivity contribution in [2.24, 2.45) is 29.6 Å². The Morgan fingerprint density at radius 1 is 1.14 bits per heavy atom. The molecule has 0 amide bonds. The second-order valence-electron chi connectivity index (χ2n) is 9.06. The third-order valence-corrected chi connectivity index (χ3v) is 8.46. The van der Waals surface area contributed by atoms with E-state index >= 15 is 0 Å². The Morgan fingerprint density at radius 2 is 1.93 bits per heavy atom. The normalized spacial score (nSPS) is 32.2. The Morgan fingerprint density at radius 3 is 2.69 bits per heavy atom. The highest BCUT2D eigenvalue weighted by molar-refractivity contribution is 7.99. The highest BCUT2D eigenvalue weighted by Crippen LogP contribution is 2.54. The summed E-state index contributed by atoms with van der Waals surface area (Å²) in [6.07, 6.45) is 6.56. The third-order valence-electron chi connectivity index (χ3n) is 7.39. The number of hydrogen-bond acceptors (Lipinski definition) is 6. The number of benzene rings is 1. The maximum Gasteiger partial charge on any atom is 0.306 e. The summed E-state index contributed by atoms with van der Waals surface area (Å²) in [5, 5.41) is 13.9. The van der Waals surface area contributed by atoms with E-state index in [-0.39, 0.29) is 5.92 Å². The first kappa shape index (κ1) is 17.7. The Kier molecular flexibility index (Phi) is 4.10. The van der Waals surface area contributed by atoms with E-state index in [1.165, 1.54) is 10.5 Å². The number of rotatable bonds is 3. The van der Waals surface area contributed by atoms with Gasteiger partial charge in [-0.15, -0.1) is 0 Å². The maximum atomic E-state index is 11.5. The molecule has 1 aromatic heterocycles. The van der Waals surface area contributed by atoms with Gasteiger partial charge in [-0.25, -0.2) is 9.97 Å². The molecule has 7 rings (SSSR count). The number of carboxylic acids is 1. The van der Waals surface area contributed by atoms with Crippen molar-refractivity contribution in [1.82, 2.24) is 14.9 Å². The fourth-order valence-electron chi connectivity index (χ4n) is 6.23. The van der Waals surface area contributed by atoms with Crippen LogP contribution >= 0.6 is 11.8 Å². The van der Waals surface area contributed by atoms with Gasteiger partial charge in [-0.05, 0) is 60.6 Å². The highest BCUT2D eigenvalue weighted by Gasteiger charge is 2.51. The summed E-state index contributed by atoms with van der Waals surface area (Å²) in [5.41, 5.74) is 2.43. The van der Waals surface area contributed by atoms with E-state index in [1.54, 1.807) is 24.2 Å². The lowest BCUT2D eigenvalue weighted by molar-refractivity contribution is -0.155. The molecule has 2 aromatic rings. The number of piperidine rings is 1. The molecule has 150 valence electrons. The first-order valence-electron chi connectivity index (χ1n) is 10.5. The van der Waals surface area contributed by atoms with Crippen LogP contribution in [0.2, 0.25) is 0 Å². The minimum atomic E-state index is -0.569. The van der Waals surface area contributed by atoms with E-state index in [2.05, 4.69) is 38.4 Å². The maximum absolute atomic E-state index is 11.5. The lowest BCUT2D eigenvalue weighted by Gasteiger charge is -2.56. The van der Waals surface area contributed by atoms with Gasteiger partial charge in [0.2, 0.25) is 0 Å². The zero-order chi connectivity index (χ0) is 19.5. The summed E-state index contributed by atoms with van der Waals surface area (Å²) >= 11 is 1.66. The van der Waals surface area contributed by atoms with Crippen molar-refractivity contribution in [3.63, 3.8) is 0 Å². The number of anilines is 2. The second kappa shape index (κ2) is 6.71. The lowest BCUT2D eigenvalue weighted by atomic mass is 9.54. The molecule has 5 aliphatic rings. The summed E-state index contributed by atoms with van der Waals surface area (Å²) in [6, 6.07) is 6.66. The summed E-state index contributed by atoms with van der Waals surface area (Å²) in [6.45, 7) is 3.18. The van der Waals surface area contributed by atoms with E-state index in [4.69, 9.17) is 0 Å². The van der Waals surface area contributed by atoms with Gasteiger partial charge in [-0.1, -0.05) is 17.8 Å². The predicted octanol–water partition coefficient (Wildman–Crippen LogP) is 3.86. The van der Waals surface area contributed by atoms with Gasteiger partial charge >= 0.3 is 5.97 Å². The quantitative estimate of drug-likeness (QED) is 0.681. The van der Waals surface area contributed by atoms with Crippen LogP contribution < -0.4 is 5.32 Å². The smallest absolute Gasteiger partial charge is 0.306 e. The van der Waals surface area contributed by atoms with Crippen LogP contribution in [0.15, 0.2) is 40.5 Å². The molecule has 3 saturated carbocycles. The van der Waals surface area contributed by atoms with E-state index in [0.29, 0.717) is 23.7 Å². The number of nitrogens with zero attached hydrogens (tertiary/aromatic N) is 3. The van der Waals surface area contributed by atoms with E-state index in [0.717, 1.165) is 55.4 Å². The number of fused-ring (bicyclic) bond motifs is 3. The van der Waals surface area contributed by atoms with Gasteiger partial charge in [-0.2, -0.15) is 0 Å². The molecule has 3 unspecified atom stereocenters. The summed E-state index contributed by atoms with van der Waals surface area (Å²) in [5.74, 6) is 2.55. The molecule has 0 radical (unpaired) electrons. The Balaban J connectivity index is 1.16. The van der Waals surface area contributed by atoms with Crippen molar-refractivity contribution in [2.45, 2.75) is 35.7 Å². The molecule has 2 N–H and O–H groups in total. The van der Waals surface area contributed by atoms with Crippen LogP contribution in [0.3, 0.4) is 0 Å². The Bertz CT molecular complexity index is 967. The molecule has 4 bridgehead atoms. The number of aromatic nitrogens is 2. The number of hydrogen-bond donors (Lipinski definition) is 2. The van der Waals surface area contributed by atoms with Crippen molar-refractivity contribution in [1.29, 1.82) is 0 Å². The SMILES string of the molecule is O=C(O)C1CC2C3CC1CC2CN(Cc1ccc2c(c1)Nc1nccnc1S2)C3. The molecule has 7 heteroatoms. The molecular formula is C22H24N4O2S. The standard InChI is InChI=1S/C22H24N4O2S/c27-22(28)17-8-16-14-6-13(17)7-15(16)11-26(10-14)9-12-1-2-19-18(5-12)25-20-21(29-19)24-4-3-23-20/h1-5,13-17H,6-11H2,(H,23,25)(H,27,28). The molecule has 1 aromatic carbocycles. The molecule has 2 aliphatic heterocycles. The minimum absolute atomic E-state index is 0.0887. The first-order chi connectivity index (χ1) is 14.1. The van der Waals surface area contributed by atoms with Crippen LogP contribution in [0, 0.1) is 29.6 Å². The average Bonchev–Trinajstić information content (AvgIpc) is 2.71. The number of likely N-dealkylation sites (tertiary alicyclic amines) is 1. The van der Waals surface area contributed by atoms with Crippen LogP contribution in [0.4, 0.5) is 11.5 Å². The van der Waals surface area contributed by atoms with Crippen molar-refractivity contribution in [3.05, 3.63) is 36.2 Å². The number of carbonyl (C=O) groups is 1. The monoisotopic (exact) mass is 408 g/mol. The van der Waals surface area contributed by atoms with Gasteiger partial charge in [0.15, 0.2) is 5.82 Å². The molecule has 3 aliphatic carbocycles. The van der Waals surface area contributed by atoms with Gasteiger partial charge in [0.1, 0.15) is 5.03 Å². The van der Waals surface area contributed by atoms with Gasteiger partial charge in [0, 0.05) is 36.9 Å². The second-order valence-corrected chi connectivity index (χ2v) is 10.1. The van der Waals surface area contributed by atoms with Crippen LogP contribution in [-0.4, -0.2) is 39.0 Å². The van der Waals surface area contributed by atoms with Crippen molar-refractivity contribution >= 4 is 29.2 Å². The van der Waals surface area contributed by atoms with E-state index in [9.17, 15) is 9.90 Å². The summed E-state index contributed by atoms with van der Waals surface area (Å²) < 4.78 is 0. The predicted molar refractivity (Wildman–Crippen MR) is 110 cm³/mol. The molecule has 29 heavy (non-hydrogen) atoms. The first-order valence-corrected chi connectivity index (χ1v) is 11.3. The topological polar surface area (TPSA) is 78.4 Å². The fourth-order valence-corrected chi connectivity index (χ4v) is 7.11. The van der Waals surface area contributed by atoms with Crippen molar-refractivity contribution in [3.8, 4) is 0 Å². The zero-order valence-corrected chi connectivity index (χ0v) is 16.9. The van der Waals surface area contributed by atoms with Gasteiger partial charge in [-0.3, -0.25) is 9.69 Å². The van der Waals surface area contributed by atoms with Crippen molar-refractivity contribution in [2.75, 3.05) is 18.4 Å². The lowest BCUT2D eigenvalue weighted by Crippen LogP contribution is -2.55. The van der Waals surface area contributed by atoms with Crippen molar-refractivity contribution < 1.29 is 9.90 Å². The largest absolute Gasteiger partial charge is 0.481 e. The fraction of sp³-hybridized carbons (Fsp3) is 0.500. The van der Waals surface area contributed by atoms with Crippen LogP contribution in [0.25, 0.3) is 0 Å². The molecule has 3 heterocycles. The molecule has 1 saturated heterocycles. The molecule has 0 spiro atoms.